The maximum atomic E-state index is 5.18. The van der Waals surface area contributed by atoms with E-state index in [-0.39, 0.29) is 5.41 Å². The second-order valence-corrected chi connectivity index (χ2v) is 12.9. The largest absolute Gasteiger partial charge is 0.294 e. The molecule has 0 radical (unpaired) electrons. The SMILES string of the molecule is CC1(C)c2cc(-c3ccc4ccccc4c3)ccc2N(c2cccc(-c3ccc4ccc5c(c4n3)N=CCC5)c2)c2ncccc21. The molecule has 220 valence electrons. The van der Waals surface area contributed by atoms with Gasteiger partial charge in [-0.05, 0) is 88.3 Å². The third-order valence-corrected chi connectivity index (χ3v) is 9.75. The van der Waals surface area contributed by atoms with Crippen molar-refractivity contribution in [3.05, 3.63) is 144 Å². The van der Waals surface area contributed by atoms with Crippen LogP contribution in [0.3, 0.4) is 0 Å². The average molecular weight is 593 g/mol. The van der Waals surface area contributed by atoms with Gasteiger partial charge in [0.1, 0.15) is 5.82 Å². The van der Waals surface area contributed by atoms with Gasteiger partial charge in [-0.2, -0.15) is 0 Å². The van der Waals surface area contributed by atoms with Crippen LogP contribution >= 0.6 is 0 Å². The molecule has 2 aromatic heterocycles. The third kappa shape index (κ3) is 4.17. The smallest absolute Gasteiger partial charge is 0.141 e. The molecule has 0 saturated carbocycles. The summed E-state index contributed by atoms with van der Waals surface area (Å²) in [7, 11) is 0. The molecule has 0 unspecified atom stereocenters. The lowest BCUT2D eigenvalue weighted by Crippen LogP contribution is -2.31. The van der Waals surface area contributed by atoms with Crippen molar-refractivity contribution in [2.45, 2.75) is 32.1 Å². The topological polar surface area (TPSA) is 41.4 Å². The first kappa shape index (κ1) is 26.8. The number of aromatic nitrogens is 2. The highest BCUT2D eigenvalue weighted by atomic mass is 15.2. The maximum absolute atomic E-state index is 5.18. The van der Waals surface area contributed by atoms with Crippen LogP contribution in [0.1, 0.15) is 37.0 Å². The van der Waals surface area contributed by atoms with Gasteiger partial charge < -0.3 is 0 Å². The van der Waals surface area contributed by atoms with Crippen LogP contribution in [-0.4, -0.2) is 16.2 Å². The van der Waals surface area contributed by atoms with Gasteiger partial charge in [0, 0.05) is 40.0 Å². The summed E-state index contributed by atoms with van der Waals surface area (Å²) in [5.74, 6) is 0.963. The summed E-state index contributed by atoms with van der Waals surface area (Å²) >= 11 is 0. The third-order valence-electron chi connectivity index (χ3n) is 9.75. The molecule has 7 aromatic rings. The van der Waals surface area contributed by atoms with Gasteiger partial charge in [0.15, 0.2) is 0 Å². The fourth-order valence-corrected chi connectivity index (χ4v) is 7.27. The summed E-state index contributed by atoms with van der Waals surface area (Å²) in [4.78, 5) is 17.2. The predicted octanol–water partition coefficient (Wildman–Crippen LogP) is 10.9. The standard InChI is InChI=1S/C42H32N4/c1-42(2)35-13-7-23-44-41(35)46(38-21-19-32(26-36(38)42)31-17-14-27-8-3-4-9-30(27)24-31)34-12-5-10-33(25-34)37-20-18-29-16-15-28-11-6-22-43-39(28)40(29)45-37/h3-5,7-10,12-26H,6,11H2,1-2H3. The predicted molar refractivity (Wildman–Crippen MR) is 191 cm³/mol. The number of aryl methyl sites for hydroxylation is 1. The molecule has 0 amide bonds. The van der Waals surface area contributed by atoms with Gasteiger partial charge >= 0.3 is 0 Å². The number of aliphatic imine (C=N–C) groups is 1. The molecule has 0 saturated heterocycles. The Morgan fingerprint density at radius 2 is 1.48 bits per heavy atom. The van der Waals surface area contributed by atoms with Gasteiger partial charge in [-0.25, -0.2) is 9.97 Å². The number of fused-ring (bicyclic) bond motifs is 6. The van der Waals surface area contributed by atoms with Crippen LogP contribution < -0.4 is 4.90 Å². The number of rotatable bonds is 3. The molecule has 4 heterocycles. The maximum Gasteiger partial charge on any atom is 0.141 e. The number of nitrogens with zero attached hydrogens (tertiary/aromatic N) is 4. The molecule has 0 aliphatic carbocycles. The summed E-state index contributed by atoms with van der Waals surface area (Å²) < 4.78 is 0. The van der Waals surface area contributed by atoms with E-state index >= 15 is 0 Å². The van der Waals surface area contributed by atoms with E-state index < -0.39 is 0 Å². The van der Waals surface area contributed by atoms with Crippen LogP contribution in [0.5, 0.6) is 0 Å². The van der Waals surface area contributed by atoms with Crippen molar-refractivity contribution in [3.63, 3.8) is 0 Å². The van der Waals surface area contributed by atoms with Crippen LogP contribution in [0.4, 0.5) is 22.9 Å². The molecule has 0 atom stereocenters. The van der Waals surface area contributed by atoms with Gasteiger partial charge in [0.25, 0.3) is 0 Å². The minimum absolute atomic E-state index is 0.237. The zero-order valence-electron chi connectivity index (χ0n) is 25.9. The van der Waals surface area contributed by atoms with Crippen molar-refractivity contribution in [2.75, 3.05) is 4.90 Å². The summed E-state index contributed by atoms with van der Waals surface area (Å²) in [5.41, 5.74) is 12.1. The zero-order chi connectivity index (χ0) is 30.8. The Morgan fingerprint density at radius 3 is 2.41 bits per heavy atom. The lowest BCUT2D eigenvalue weighted by atomic mass is 9.74. The van der Waals surface area contributed by atoms with Crippen LogP contribution in [0.15, 0.2) is 133 Å². The molecular weight excluding hydrogens is 560 g/mol. The molecule has 5 aromatic carbocycles. The molecule has 0 bridgehead atoms. The van der Waals surface area contributed by atoms with E-state index in [1.54, 1.807) is 0 Å². The molecule has 0 spiro atoms. The van der Waals surface area contributed by atoms with E-state index in [0.717, 1.165) is 57.9 Å². The second-order valence-electron chi connectivity index (χ2n) is 12.9. The molecule has 4 heteroatoms. The molecular formula is C42H32N4. The normalized spacial score (nSPS) is 14.6. The van der Waals surface area contributed by atoms with Gasteiger partial charge in [0.05, 0.1) is 22.6 Å². The second kappa shape index (κ2) is 10.2. The first-order chi connectivity index (χ1) is 22.5. The Labute approximate surface area is 268 Å². The van der Waals surface area contributed by atoms with Crippen molar-refractivity contribution >= 4 is 50.8 Å². The number of pyridine rings is 2. The number of hydrogen-bond acceptors (Lipinski definition) is 4. The van der Waals surface area contributed by atoms with E-state index in [1.165, 1.54) is 38.6 Å². The number of hydrogen-bond donors (Lipinski definition) is 0. The fraction of sp³-hybridized carbons (Fsp3) is 0.119. The molecule has 46 heavy (non-hydrogen) atoms. The van der Waals surface area contributed by atoms with E-state index in [0.29, 0.717) is 0 Å². The van der Waals surface area contributed by atoms with Gasteiger partial charge in [-0.15, -0.1) is 0 Å². The number of benzene rings is 5. The molecule has 2 aliphatic heterocycles. The highest BCUT2D eigenvalue weighted by Crippen LogP contribution is 2.52. The highest BCUT2D eigenvalue weighted by Gasteiger charge is 2.38. The lowest BCUT2D eigenvalue weighted by Gasteiger charge is -2.41. The van der Waals surface area contributed by atoms with E-state index in [9.17, 15) is 0 Å². The summed E-state index contributed by atoms with van der Waals surface area (Å²) in [6.07, 6.45) is 5.90. The monoisotopic (exact) mass is 592 g/mol. The fourth-order valence-electron chi connectivity index (χ4n) is 7.27. The van der Waals surface area contributed by atoms with E-state index in [1.807, 2.05) is 12.4 Å². The summed E-state index contributed by atoms with van der Waals surface area (Å²) in [6, 6.07) is 43.8. The van der Waals surface area contributed by atoms with E-state index in [4.69, 9.17) is 15.0 Å². The lowest BCUT2D eigenvalue weighted by molar-refractivity contribution is 0.628. The Bertz CT molecular complexity index is 2370. The van der Waals surface area contributed by atoms with Gasteiger partial charge in [0.2, 0.25) is 0 Å². The van der Waals surface area contributed by atoms with Gasteiger partial charge in [-0.3, -0.25) is 9.89 Å². The summed E-state index contributed by atoms with van der Waals surface area (Å²) in [6.45, 7) is 4.62. The minimum atomic E-state index is -0.237. The van der Waals surface area contributed by atoms with E-state index in [2.05, 4.69) is 140 Å². The van der Waals surface area contributed by atoms with Crippen molar-refractivity contribution < 1.29 is 0 Å². The van der Waals surface area contributed by atoms with Crippen LogP contribution in [0, 0.1) is 0 Å². The van der Waals surface area contributed by atoms with Crippen molar-refractivity contribution in [1.29, 1.82) is 0 Å². The quantitative estimate of drug-likeness (QED) is 0.205. The molecule has 9 rings (SSSR count). The van der Waals surface area contributed by atoms with Crippen molar-refractivity contribution in [3.8, 4) is 22.4 Å². The molecule has 2 aliphatic rings. The Morgan fingerprint density at radius 1 is 0.652 bits per heavy atom. The van der Waals surface area contributed by atoms with Crippen LogP contribution in [0.2, 0.25) is 0 Å². The Hall–Kier alpha value is -5.61. The zero-order valence-corrected chi connectivity index (χ0v) is 25.9. The van der Waals surface area contributed by atoms with Crippen LogP contribution in [-0.2, 0) is 11.8 Å². The summed E-state index contributed by atoms with van der Waals surface area (Å²) in [5, 5.41) is 3.62. The molecule has 0 N–H and O–H groups in total. The Kier molecular flexibility index (Phi) is 5.94. The molecule has 0 fully saturated rings. The first-order valence-corrected chi connectivity index (χ1v) is 16.0. The minimum Gasteiger partial charge on any atom is -0.294 e. The van der Waals surface area contributed by atoms with Crippen molar-refractivity contribution in [1.82, 2.24) is 9.97 Å². The van der Waals surface area contributed by atoms with Gasteiger partial charge in [-0.1, -0.05) is 92.7 Å². The van der Waals surface area contributed by atoms with Crippen molar-refractivity contribution in [2.24, 2.45) is 4.99 Å². The average Bonchev–Trinajstić information content (AvgIpc) is 3.11. The number of anilines is 3. The highest BCUT2D eigenvalue weighted by molar-refractivity contribution is 5.95. The molecule has 4 nitrogen and oxygen atoms in total. The first-order valence-electron chi connectivity index (χ1n) is 16.0. The Balaban J connectivity index is 1.19. The van der Waals surface area contributed by atoms with Crippen LogP contribution in [0.25, 0.3) is 44.1 Å².